The third-order valence-electron chi connectivity index (χ3n) is 4.28. The highest BCUT2D eigenvalue weighted by Gasteiger charge is 2.17. The second-order valence-corrected chi connectivity index (χ2v) is 6.17. The molecule has 0 spiro atoms. The lowest BCUT2D eigenvalue weighted by molar-refractivity contribution is -0.119. The van der Waals surface area contributed by atoms with Crippen molar-refractivity contribution in [2.45, 2.75) is 0 Å². The monoisotopic (exact) mass is 379 g/mol. The number of fused-ring (bicyclic) bond motifs is 2. The van der Waals surface area contributed by atoms with E-state index in [0.29, 0.717) is 35.8 Å². The van der Waals surface area contributed by atoms with Crippen LogP contribution in [0, 0.1) is 0 Å². The van der Waals surface area contributed by atoms with Gasteiger partial charge in [0.05, 0.1) is 0 Å². The minimum Gasteiger partial charge on any atom is -0.506 e. The van der Waals surface area contributed by atoms with Gasteiger partial charge in [-0.05, 0) is 23.6 Å². The van der Waals surface area contributed by atoms with Crippen LogP contribution in [0.2, 0.25) is 0 Å². The number of nitrogens with one attached hydrogen (secondary N) is 1. The number of benzene rings is 3. The second-order valence-electron chi connectivity index (χ2n) is 6.17. The van der Waals surface area contributed by atoms with E-state index in [-0.39, 0.29) is 11.3 Å². The molecule has 2 N–H and O–H groups in total. The van der Waals surface area contributed by atoms with Crippen molar-refractivity contribution in [3.05, 3.63) is 60.2 Å². The van der Waals surface area contributed by atoms with E-state index >= 15 is 0 Å². The molecule has 142 valence electrons. The van der Waals surface area contributed by atoms with Crippen LogP contribution >= 0.6 is 0 Å². The molecule has 0 aliphatic carbocycles. The van der Waals surface area contributed by atoms with E-state index in [1.807, 2.05) is 12.1 Å². The van der Waals surface area contributed by atoms with Crippen LogP contribution < -0.4 is 14.8 Å². The zero-order valence-electron chi connectivity index (χ0n) is 14.8. The van der Waals surface area contributed by atoms with Gasteiger partial charge in [0.15, 0.2) is 18.1 Å². The average molecular weight is 379 g/mol. The molecule has 1 aliphatic rings. The summed E-state index contributed by atoms with van der Waals surface area (Å²) in [6.45, 7) is 0.438. The Kier molecular flexibility index (Phi) is 4.72. The van der Waals surface area contributed by atoms with Crippen LogP contribution in [0.1, 0.15) is 10.4 Å². The zero-order valence-corrected chi connectivity index (χ0v) is 14.8. The fourth-order valence-corrected chi connectivity index (χ4v) is 2.95. The fraction of sp³-hybridized carbons (Fsp3) is 0.143. The van der Waals surface area contributed by atoms with E-state index in [9.17, 15) is 14.7 Å². The third-order valence-corrected chi connectivity index (χ3v) is 4.28. The molecule has 7 nitrogen and oxygen atoms in total. The van der Waals surface area contributed by atoms with E-state index in [2.05, 4.69) is 5.32 Å². The molecule has 0 atom stereocenters. The number of carbonyl (C=O) groups excluding carboxylic acids is 2. The van der Waals surface area contributed by atoms with E-state index in [1.165, 1.54) is 6.07 Å². The molecule has 7 heteroatoms. The lowest BCUT2D eigenvalue weighted by Crippen LogP contribution is -2.21. The van der Waals surface area contributed by atoms with Gasteiger partial charge in [-0.3, -0.25) is 4.79 Å². The van der Waals surface area contributed by atoms with Gasteiger partial charge in [-0.25, -0.2) is 4.79 Å². The number of hydrogen-bond acceptors (Lipinski definition) is 6. The van der Waals surface area contributed by atoms with Gasteiger partial charge in [0.2, 0.25) is 0 Å². The Morgan fingerprint density at radius 2 is 1.79 bits per heavy atom. The average Bonchev–Trinajstić information content (AvgIpc) is 2.72. The Labute approximate surface area is 160 Å². The Morgan fingerprint density at radius 3 is 2.64 bits per heavy atom. The summed E-state index contributed by atoms with van der Waals surface area (Å²) in [6.07, 6.45) is 0. The van der Waals surface area contributed by atoms with Crippen LogP contribution in [-0.2, 0) is 9.53 Å². The Balaban J connectivity index is 1.39. The maximum atomic E-state index is 12.3. The van der Waals surface area contributed by atoms with Crippen LogP contribution in [0.5, 0.6) is 17.2 Å². The second kappa shape index (κ2) is 7.48. The Morgan fingerprint density at radius 1 is 1.00 bits per heavy atom. The number of esters is 1. The fourth-order valence-electron chi connectivity index (χ4n) is 2.95. The van der Waals surface area contributed by atoms with Crippen LogP contribution in [0.4, 0.5) is 5.69 Å². The minimum atomic E-state index is -0.777. The zero-order chi connectivity index (χ0) is 19.5. The van der Waals surface area contributed by atoms with E-state index < -0.39 is 18.5 Å². The van der Waals surface area contributed by atoms with Crippen molar-refractivity contribution < 1.29 is 28.9 Å². The van der Waals surface area contributed by atoms with E-state index in [4.69, 9.17) is 14.2 Å². The van der Waals surface area contributed by atoms with Crippen molar-refractivity contribution in [2.24, 2.45) is 0 Å². The molecule has 0 bridgehead atoms. The summed E-state index contributed by atoms with van der Waals surface area (Å²) in [4.78, 5) is 24.3. The van der Waals surface area contributed by atoms with Crippen molar-refractivity contribution >= 4 is 28.3 Å². The predicted octanol–water partition coefficient (Wildman–Crippen LogP) is 3.11. The smallest absolute Gasteiger partial charge is 0.342 e. The molecule has 3 aromatic carbocycles. The molecule has 0 radical (unpaired) electrons. The lowest BCUT2D eigenvalue weighted by atomic mass is 10.1. The number of phenols is 1. The number of phenolic OH excluding ortho intramolecular Hbond substituents is 1. The highest BCUT2D eigenvalue weighted by Crippen LogP contribution is 2.32. The topological polar surface area (TPSA) is 94.1 Å². The highest BCUT2D eigenvalue weighted by molar-refractivity contribution is 6.02. The van der Waals surface area contributed by atoms with Gasteiger partial charge in [-0.1, -0.05) is 30.3 Å². The van der Waals surface area contributed by atoms with Crippen molar-refractivity contribution in [2.75, 3.05) is 25.1 Å². The molecule has 1 aliphatic heterocycles. The summed E-state index contributed by atoms with van der Waals surface area (Å²) in [5.74, 6) is -0.300. The standard InChI is InChI=1S/C21H17NO6/c23-19(22-14-6-8-17-18(11-14)27-10-9-26-17)12-28-21(25)16-7-5-13-3-1-2-4-15(13)20(16)24/h1-8,11,24H,9-10,12H2,(H,22,23). The molecule has 1 amide bonds. The van der Waals surface area contributed by atoms with Gasteiger partial charge < -0.3 is 24.6 Å². The van der Waals surface area contributed by atoms with Gasteiger partial charge in [-0.15, -0.1) is 0 Å². The largest absolute Gasteiger partial charge is 0.506 e. The maximum absolute atomic E-state index is 12.3. The molecule has 3 aromatic rings. The molecule has 4 rings (SSSR count). The third kappa shape index (κ3) is 3.55. The maximum Gasteiger partial charge on any atom is 0.342 e. The van der Waals surface area contributed by atoms with Crippen LogP contribution in [-0.4, -0.2) is 36.8 Å². The van der Waals surface area contributed by atoms with E-state index in [1.54, 1.807) is 36.4 Å². The Hall–Kier alpha value is -3.74. The molecule has 0 fully saturated rings. The predicted molar refractivity (Wildman–Crippen MR) is 102 cm³/mol. The molecule has 0 saturated carbocycles. The first kappa shape index (κ1) is 17.7. The van der Waals surface area contributed by atoms with Crippen LogP contribution in [0.15, 0.2) is 54.6 Å². The molecule has 1 heterocycles. The SMILES string of the molecule is O=C(COC(=O)c1ccc2ccccc2c1O)Nc1ccc2c(c1)OCCO2. The summed E-state index contributed by atoms with van der Waals surface area (Å²) in [6, 6.07) is 15.3. The van der Waals surface area contributed by atoms with Gasteiger partial charge in [0, 0.05) is 17.1 Å². The quantitative estimate of drug-likeness (QED) is 0.677. The number of carbonyl (C=O) groups is 2. The number of amides is 1. The van der Waals surface area contributed by atoms with Gasteiger partial charge in [0.25, 0.3) is 5.91 Å². The molecule has 0 unspecified atom stereocenters. The first-order chi connectivity index (χ1) is 13.6. The number of hydrogen-bond donors (Lipinski definition) is 2. The van der Waals surface area contributed by atoms with Crippen molar-refractivity contribution in [1.82, 2.24) is 0 Å². The molecular weight excluding hydrogens is 362 g/mol. The van der Waals surface area contributed by atoms with Crippen LogP contribution in [0.25, 0.3) is 10.8 Å². The summed E-state index contributed by atoms with van der Waals surface area (Å²) < 4.78 is 15.9. The summed E-state index contributed by atoms with van der Waals surface area (Å²) in [5, 5.41) is 14.3. The minimum absolute atomic E-state index is 0.00540. The number of anilines is 1. The molecule has 28 heavy (non-hydrogen) atoms. The molecular formula is C21H17NO6. The molecule has 0 saturated heterocycles. The lowest BCUT2D eigenvalue weighted by Gasteiger charge is -2.19. The number of rotatable bonds is 4. The normalized spacial score (nSPS) is 12.4. The highest BCUT2D eigenvalue weighted by atomic mass is 16.6. The first-order valence-electron chi connectivity index (χ1n) is 8.69. The Bertz CT molecular complexity index is 1060. The van der Waals surface area contributed by atoms with E-state index in [0.717, 1.165) is 5.39 Å². The molecule has 0 aromatic heterocycles. The van der Waals surface area contributed by atoms with Crippen LogP contribution in [0.3, 0.4) is 0 Å². The van der Waals surface area contributed by atoms with Crippen molar-refractivity contribution in [3.8, 4) is 17.2 Å². The van der Waals surface area contributed by atoms with Crippen molar-refractivity contribution in [3.63, 3.8) is 0 Å². The van der Waals surface area contributed by atoms with Crippen molar-refractivity contribution in [1.29, 1.82) is 0 Å². The number of aromatic hydroxyl groups is 1. The summed E-state index contributed by atoms with van der Waals surface area (Å²) in [5.41, 5.74) is 0.504. The summed E-state index contributed by atoms with van der Waals surface area (Å²) in [7, 11) is 0. The van der Waals surface area contributed by atoms with Gasteiger partial charge >= 0.3 is 5.97 Å². The van der Waals surface area contributed by atoms with Gasteiger partial charge in [-0.2, -0.15) is 0 Å². The van der Waals surface area contributed by atoms with Gasteiger partial charge in [0.1, 0.15) is 24.5 Å². The number of ether oxygens (including phenoxy) is 3. The summed E-state index contributed by atoms with van der Waals surface area (Å²) >= 11 is 0. The first-order valence-corrected chi connectivity index (χ1v) is 8.69.